The van der Waals surface area contributed by atoms with E-state index in [0.717, 1.165) is 5.56 Å². The first-order valence-corrected chi connectivity index (χ1v) is 7.06. The van der Waals surface area contributed by atoms with Gasteiger partial charge in [-0.15, -0.1) is 0 Å². The summed E-state index contributed by atoms with van der Waals surface area (Å²) < 4.78 is 19.6. The van der Waals surface area contributed by atoms with Gasteiger partial charge in [0.1, 0.15) is 22.3 Å². The molecule has 0 aliphatic heterocycles. The van der Waals surface area contributed by atoms with E-state index in [2.05, 4.69) is 20.8 Å². The number of ether oxygens (including phenoxy) is 1. The van der Waals surface area contributed by atoms with Crippen molar-refractivity contribution in [3.05, 3.63) is 59.4 Å². The van der Waals surface area contributed by atoms with Crippen LogP contribution in [0.5, 0.6) is 11.5 Å². The highest BCUT2D eigenvalue weighted by Gasteiger charge is 2.16. The predicted molar refractivity (Wildman–Crippen MR) is 87.5 cm³/mol. The standard InChI is InChI=1S/C17H18FNOS/c1-17(2,3)11-6-4-7-12(10-11)20-14-9-5-8-13(18)15(14)16(19)21/h4-10H,1-3H3,(H2,19,21). The van der Waals surface area contributed by atoms with Crippen LogP contribution in [-0.4, -0.2) is 4.99 Å². The Hall–Kier alpha value is -1.94. The Labute approximate surface area is 129 Å². The van der Waals surface area contributed by atoms with Crippen LogP contribution in [0.25, 0.3) is 0 Å². The third kappa shape index (κ3) is 3.58. The molecular weight excluding hydrogens is 285 g/mol. The monoisotopic (exact) mass is 303 g/mol. The average molecular weight is 303 g/mol. The minimum absolute atomic E-state index is 0.00725. The van der Waals surface area contributed by atoms with Gasteiger partial charge in [0.05, 0.1) is 5.56 Å². The van der Waals surface area contributed by atoms with Crippen LogP contribution in [0, 0.1) is 5.82 Å². The summed E-state index contributed by atoms with van der Waals surface area (Å²) in [4.78, 5) is -0.0184. The molecule has 0 fully saturated rings. The van der Waals surface area contributed by atoms with E-state index >= 15 is 0 Å². The van der Waals surface area contributed by atoms with Gasteiger partial charge < -0.3 is 10.5 Å². The number of hydrogen-bond donors (Lipinski definition) is 1. The van der Waals surface area contributed by atoms with Gasteiger partial charge in [-0.25, -0.2) is 4.39 Å². The van der Waals surface area contributed by atoms with E-state index in [0.29, 0.717) is 11.5 Å². The van der Waals surface area contributed by atoms with Crippen molar-refractivity contribution in [2.75, 3.05) is 0 Å². The van der Waals surface area contributed by atoms with Crippen molar-refractivity contribution in [3.8, 4) is 11.5 Å². The molecule has 21 heavy (non-hydrogen) atoms. The molecule has 0 aromatic heterocycles. The summed E-state index contributed by atoms with van der Waals surface area (Å²) in [7, 11) is 0. The number of halogens is 1. The van der Waals surface area contributed by atoms with Gasteiger partial charge in [0.25, 0.3) is 0 Å². The summed E-state index contributed by atoms with van der Waals surface area (Å²) in [5, 5.41) is 0. The highest BCUT2D eigenvalue weighted by molar-refractivity contribution is 7.80. The molecular formula is C17H18FNOS. The van der Waals surface area contributed by atoms with E-state index in [-0.39, 0.29) is 16.0 Å². The molecule has 0 aliphatic carbocycles. The van der Waals surface area contributed by atoms with E-state index in [4.69, 9.17) is 22.7 Å². The lowest BCUT2D eigenvalue weighted by Gasteiger charge is -2.20. The Balaban J connectivity index is 2.40. The first-order chi connectivity index (χ1) is 9.79. The molecule has 0 atom stereocenters. The first kappa shape index (κ1) is 15.4. The van der Waals surface area contributed by atoms with E-state index < -0.39 is 5.82 Å². The maximum absolute atomic E-state index is 13.8. The van der Waals surface area contributed by atoms with E-state index in [1.165, 1.54) is 6.07 Å². The fraction of sp³-hybridized carbons (Fsp3) is 0.235. The molecule has 2 aromatic rings. The summed E-state index contributed by atoms with van der Waals surface area (Å²) in [6.07, 6.45) is 0. The highest BCUT2D eigenvalue weighted by atomic mass is 32.1. The van der Waals surface area contributed by atoms with Crippen LogP contribution in [0.15, 0.2) is 42.5 Å². The number of benzene rings is 2. The second kappa shape index (κ2) is 5.82. The van der Waals surface area contributed by atoms with Crippen molar-refractivity contribution in [2.45, 2.75) is 26.2 Å². The summed E-state index contributed by atoms with van der Waals surface area (Å²) in [5.41, 5.74) is 6.85. The molecule has 0 spiro atoms. The molecule has 0 saturated heterocycles. The van der Waals surface area contributed by atoms with Crippen LogP contribution < -0.4 is 10.5 Å². The van der Waals surface area contributed by atoms with Crippen molar-refractivity contribution < 1.29 is 9.13 Å². The molecule has 2 aromatic carbocycles. The number of hydrogen-bond acceptors (Lipinski definition) is 2. The van der Waals surface area contributed by atoms with Gasteiger partial charge in [0.15, 0.2) is 0 Å². The maximum atomic E-state index is 13.8. The normalized spacial score (nSPS) is 11.2. The minimum Gasteiger partial charge on any atom is -0.457 e. The van der Waals surface area contributed by atoms with Crippen molar-refractivity contribution in [1.29, 1.82) is 0 Å². The molecule has 4 heteroatoms. The van der Waals surface area contributed by atoms with E-state index in [1.54, 1.807) is 12.1 Å². The predicted octanol–water partition coefficient (Wildman–Crippen LogP) is 4.55. The fourth-order valence-corrected chi connectivity index (χ4v) is 2.18. The summed E-state index contributed by atoms with van der Waals surface area (Å²) in [6.45, 7) is 6.36. The molecule has 110 valence electrons. The SMILES string of the molecule is CC(C)(C)c1cccc(Oc2cccc(F)c2C(N)=S)c1. The van der Waals surface area contributed by atoms with Gasteiger partial charge in [-0.1, -0.05) is 51.2 Å². The van der Waals surface area contributed by atoms with E-state index in [9.17, 15) is 4.39 Å². The third-order valence-electron chi connectivity index (χ3n) is 3.15. The Bertz CT molecular complexity index is 677. The molecule has 0 amide bonds. The van der Waals surface area contributed by atoms with Gasteiger partial charge in [-0.2, -0.15) is 0 Å². The van der Waals surface area contributed by atoms with Crippen LogP contribution in [-0.2, 0) is 5.41 Å². The van der Waals surface area contributed by atoms with Gasteiger partial charge >= 0.3 is 0 Å². The molecule has 0 radical (unpaired) electrons. The molecule has 0 heterocycles. The number of thiocarbonyl (C=S) groups is 1. The van der Waals surface area contributed by atoms with Gasteiger partial charge in [0, 0.05) is 0 Å². The van der Waals surface area contributed by atoms with Crippen LogP contribution in [0.3, 0.4) is 0 Å². The number of rotatable bonds is 3. The third-order valence-corrected chi connectivity index (χ3v) is 3.35. The van der Waals surface area contributed by atoms with Crippen molar-refractivity contribution in [1.82, 2.24) is 0 Å². The topological polar surface area (TPSA) is 35.2 Å². The second-order valence-electron chi connectivity index (χ2n) is 5.86. The molecule has 0 bridgehead atoms. The minimum atomic E-state index is -0.480. The second-order valence-corrected chi connectivity index (χ2v) is 6.30. The average Bonchev–Trinajstić information content (AvgIpc) is 2.37. The van der Waals surface area contributed by atoms with Gasteiger partial charge in [-0.3, -0.25) is 0 Å². The lowest BCUT2D eigenvalue weighted by molar-refractivity contribution is 0.472. The highest BCUT2D eigenvalue weighted by Crippen LogP contribution is 2.30. The summed E-state index contributed by atoms with van der Waals surface area (Å²) in [5.74, 6) is 0.478. The van der Waals surface area contributed by atoms with Crippen molar-refractivity contribution in [2.24, 2.45) is 5.73 Å². The van der Waals surface area contributed by atoms with Crippen LogP contribution in [0.2, 0.25) is 0 Å². The lowest BCUT2D eigenvalue weighted by atomic mass is 9.87. The molecule has 0 saturated carbocycles. The smallest absolute Gasteiger partial charge is 0.140 e. The van der Waals surface area contributed by atoms with Crippen LogP contribution in [0.4, 0.5) is 4.39 Å². The zero-order valence-corrected chi connectivity index (χ0v) is 13.1. The van der Waals surface area contributed by atoms with Crippen molar-refractivity contribution in [3.63, 3.8) is 0 Å². The largest absolute Gasteiger partial charge is 0.457 e. The molecule has 2 rings (SSSR count). The Morgan fingerprint density at radius 2 is 1.81 bits per heavy atom. The fourth-order valence-electron chi connectivity index (χ4n) is 1.98. The van der Waals surface area contributed by atoms with E-state index in [1.807, 2.05) is 24.3 Å². The summed E-state index contributed by atoms with van der Waals surface area (Å²) in [6, 6.07) is 12.2. The van der Waals surface area contributed by atoms with Gasteiger partial charge in [-0.05, 0) is 35.2 Å². The van der Waals surface area contributed by atoms with Crippen LogP contribution >= 0.6 is 12.2 Å². The zero-order valence-electron chi connectivity index (χ0n) is 12.3. The Morgan fingerprint density at radius 3 is 2.43 bits per heavy atom. The molecule has 0 aliphatic rings. The van der Waals surface area contributed by atoms with Crippen LogP contribution in [0.1, 0.15) is 31.9 Å². The zero-order chi connectivity index (χ0) is 15.6. The molecule has 0 unspecified atom stereocenters. The Morgan fingerprint density at radius 1 is 1.14 bits per heavy atom. The molecule has 2 N–H and O–H groups in total. The first-order valence-electron chi connectivity index (χ1n) is 6.66. The van der Waals surface area contributed by atoms with Crippen molar-refractivity contribution >= 4 is 17.2 Å². The maximum Gasteiger partial charge on any atom is 0.140 e. The quantitative estimate of drug-likeness (QED) is 0.845. The lowest BCUT2D eigenvalue weighted by Crippen LogP contribution is -2.13. The molecule has 2 nitrogen and oxygen atoms in total. The number of nitrogens with two attached hydrogens (primary N) is 1. The van der Waals surface area contributed by atoms with Gasteiger partial charge in [0.2, 0.25) is 0 Å². The summed E-state index contributed by atoms with van der Waals surface area (Å²) >= 11 is 4.90. The Kier molecular flexibility index (Phi) is 4.28.